The van der Waals surface area contributed by atoms with Crippen molar-refractivity contribution in [3.8, 4) is 5.75 Å². The monoisotopic (exact) mass is 655 g/mol. The molecule has 2 rings (SSSR count). The SMILES string of the molecule is CCCCCCCCC=CCCCCCCCC(=O)N[C@H](Cc1ccc(OCc2ccc(CCCCC)cc2)cc1)CP(=O)(O)O. The van der Waals surface area contributed by atoms with E-state index in [0.717, 1.165) is 55.4 Å². The van der Waals surface area contributed by atoms with Crippen molar-refractivity contribution in [2.75, 3.05) is 6.16 Å². The second kappa shape index (κ2) is 24.7. The summed E-state index contributed by atoms with van der Waals surface area (Å²) < 4.78 is 17.8. The van der Waals surface area contributed by atoms with Gasteiger partial charge in [0.1, 0.15) is 12.4 Å². The fraction of sp³-hybridized carbons (Fsp3) is 0.615. The first kappa shape index (κ1) is 39.8. The summed E-state index contributed by atoms with van der Waals surface area (Å²) in [5.74, 6) is 0.586. The fourth-order valence-corrected chi connectivity index (χ4v) is 6.45. The van der Waals surface area contributed by atoms with Gasteiger partial charge in [-0.15, -0.1) is 0 Å². The van der Waals surface area contributed by atoms with Crippen LogP contribution in [0.15, 0.2) is 60.7 Å². The van der Waals surface area contributed by atoms with Gasteiger partial charge in [0, 0.05) is 12.5 Å². The minimum atomic E-state index is -4.29. The molecule has 0 heterocycles. The number of rotatable bonds is 27. The van der Waals surface area contributed by atoms with Crippen molar-refractivity contribution in [1.29, 1.82) is 0 Å². The number of hydrogen-bond donors (Lipinski definition) is 3. The van der Waals surface area contributed by atoms with Gasteiger partial charge in [0.15, 0.2) is 0 Å². The Morgan fingerprint density at radius 1 is 0.717 bits per heavy atom. The van der Waals surface area contributed by atoms with Crippen LogP contribution in [0.5, 0.6) is 5.75 Å². The predicted octanol–water partition coefficient (Wildman–Crippen LogP) is 10.2. The van der Waals surface area contributed by atoms with Gasteiger partial charge in [-0.2, -0.15) is 0 Å². The summed E-state index contributed by atoms with van der Waals surface area (Å²) in [6, 6.07) is 15.5. The van der Waals surface area contributed by atoms with Gasteiger partial charge >= 0.3 is 7.60 Å². The van der Waals surface area contributed by atoms with E-state index in [1.165, 1.54) is 76.2 Å². The highest BCUT2D eigenvalue weighted by atomic mass is 31.2. The normalized spacial score (nSPS) is 12.4. The van der Waals surface area contributed by atoms with E-state index >= 15 is 0 Å². The van der Waals surface area contributed by atoms with E-state index < -0.39 is 13.6 Å². The zero-order valence-electron chi connectivity index (χ0n) is 28.8. The highest BCUT2D eigenvalue weighted by molar-refractivity contribution is 7.51. The molecule has 46 heavy (non-hydrogen) atoms. The smallest absolute Gasteiger partial charge is 0.327 e. The molecule has 0 aliphatic rings. The number of carbonyl (C=O) groups is 1. The van der Waals surface area contributed by atoms with Crippen molar-refractivity contribution in [3.63, 3.8) is 0 Å². The van der Waals surface area contributed by atoms with Crippen LogP contribution in [0, 0.1) is 0 Å². The summed E-state index contributed by atoms with van der Waals surface area (Å²) in [5.41, 5.74) is 3.36. The van der Waals surface area contributed by atoms with Crippen LogP contribution in [-0.4, -0.2) is 27.9 Å². The summed E-state index contributed by atoms with van der Waals surface area (Å²) >= 11 is 0. The average molecular weight is 656 g/mol. The highest BCUT2D eigenvalue weighted by Crippen LogP contribution is 2.35. The topological polar surface area (TPSA) is 95.9 Å². The van der Waals surface area contributed by atoms with Crippen LogP contribution >= 0.6 is 7.60 Å². The van der Waals surface area contributed by atoms with Crippen molar-refractivity contribution < 1.29 is 23.9 Å². The molecule has 0 radical (unpaired) electrons. The Labute approximate surface area is 280 Å². The number of carbonyl (C=O) groups excluding carboxylic acids is 1. The van der Waals surface area contributed by atoms with Gasteiger partial charge in [0.25, 0.3) is 0 Å². The first-order valence-electron chi connectivity index (χ1n) is 18.1. The van der Waals surface area contributed by atoms with E-state index in [-0.39, 0.29) is 12.1 Å². The van der Waals surface area contributed by atoms with Crippen molar-refractivity contribution in [1.82, 2.24) is 5.32 Å². The van der Waals surface area contributed by atoms with E-state index in [4.69, 9.17) is 4.74 Å². The molecule has 0 saturated heterocycles. The van der Waals surface area contributed by atoms with E-state index in [2.05, 4.69) is 55.6 Å². The molecular formula is C39H62NO5P. The lowest BCUT2D eigenvalue weighted by molar-refractivity contribution is -0.121. The van der Waals surface area contributed by atoms with Crippen LogP contribution < -0.4 is 10.1 Å². The molecule has 0 aliphatic heterocycles. The third kappa shape index (κ3) is 20.7. The van der Waals surface area contributed by atoms with Crippen LogP contribution in [0.25, 0.3) is 0 Å². The summed E-state index contributed by atoms with van der Waals surface area (Å²) in [6.45, 7) is 4.94. The third-order valence-corrected chi connectivity index (χ3v) is 9.31. The molecule has 0 bridgehead atoms. The lowest BCUT2D eigenvalue weighted by atomic mass is 10.1. The molecule has 3 N–H and O–H groups in total. The first-order chi connectivity index (χ1) is 22.3. The molecule has 0 saturated carbocycles. The minimum absolute atomic E-state index is 0.146. The van der Waals surface area contributed by atoms with Gasteiger partial charge in [-0.3, -0.25) is 9.36 Å². The Hall–Kier alpha value is -2.40. The van der Waals surface area contributed by atoms with E-state index in [9.17, 15) is 19.1 Å². The summed E-state index contributed by atoms with van der Waals surface area (Å²) in [6.07, 6.45) is 25.4. The van der Waals surface area contributed by atoms with Gasteiger partial charge in [-0.05, 0) is 80.2 Å². The van der Waals surface area contributed by atoms with Gasteiger partial charge in [0.2, 0.25) is 5.91 Å². The third-order valence-electron chi connectivity index (χ3n) is 8.39. The molecule has 258 valence electrons. The number of benzene rings is 2. The molecule has 1 amide bonds. The molecule has 7 heteroatoms. The van der Waals surface area contributed by atoms with Crippen LogP contribution in [0.4, 0.5) is 0 Å². The number of allylic oxidation sites excluding steroid dienone is 2. The Bertz CT molecular complexity index is 1130. The second-order valence-electron chi connectivity index (χ2n) is 12.9. The van der Waals surface area contributed by atoms with Crippen LogP contribution in [0.1, 0.15) is 140 Å². The van der Waals surface area contributed by atoms with Crippen LogP contribution in [-0.2, 0) is 28.8 Å². The average Bonchev–Trinajstić information content (AvgIpc) is 3.02. The zero-order chi connectivity index (χ0) is 33.3. The maximum absolute atomic E-state index is 12.6. The van der Waals surface area contributed by atoms with Gasteiger partial charge < -0.3 is 19.8 Å². The molecule has 2 aromatic carbocycles. The Kier molecular flexibility index (Phi) is 21.4. The number of hydrogen-bond acceptors (Lipinski definition) is 3. The molecule has 0 aromatic heterocycles. The number of unbranched alkanes of at least 4 members (excludes halogenated alkanes) is 13. The molecule has 1 atom stereocenters. The predicted molar refractivity (Wildman–Crippen MR) is 192 cm³/mol. The molecule has 0 aliphatic carbocycles. The number of aryl methyl sites for hydroxylation is 1. The molecule has 0 unspecified atom stereocenters. The van der Waals surface area contributed by atoms with Crippen LogP contribution in [0.2, 0.25) is 0 Å². The van der Waals surface area contributed by atoms with Gasteiger partial charge in [-0.1, -0.05) is 127 Å². The Balaban J connectivity index is 1.65. The maximum atomic E-state index is 12.6. The molecule has 2 aromatic rings. The quantitative estimate of drug-likeness (QED) is 0.0506. The van der Waals surface area contributed by atoms with Gasteiger partial charge in [-0.25, -0.2) is 0 Å². The minimum Gasteiger partial charge on any atom is -0.489 e. The van der Waals surface area contributed by atoms with Crippen molar-refractivity contribution in [2.45, 2.75) is 148 Å². The largest absolute Gasteiger partial charge is 0.489 e. The molecule has 6 nitrogen and oxygen atoms in total. The second-order valence-corrected chi connectivity index (χ2v) is 14.6. The van der Waals surface area contributed by atoms with E-state index in [1.807, 2.05) is 24.3 Å². The van der Waals surface area contributed by atoms with E-state index in [0.29, 0.717) is 19.4 Å². The fourth-order valence-electron chi connectivity index (χ4n) is 5.66. The zero-order valence-corrected chi connectivity index (χ0v) is 29.7. The lowest BCUT2D eigenvalue weighted by Crippen LogP contribution is -2.39. The van der Waals surface area contributed by atoms with Crippen molar-refractivity contribution in [2.24, 2.45) is 0 Å². The number of ether oxygens (including phenoxy) is 1. The Morgan fingerprint density at radius 2 is 1.24 bits per heavy atom. The maximum Gasteiger partial charge on any atom is 0.327 e. The first-order valence-corrected chi connectivity index (χ1v) is 19.9. The Morgan fingerprint density at radius 3 is 1.85 bits per heavy atom. The standard InChI is InChI=1S/C39H62NO5P/c1-3-5-7-8-9-10-11-12-13-14-15-16-17-18-20-22-39(41)40-37(33-46(42,43)44)31-35-27-29-38(30-28-35)45-32-36-25-23-34(24-26-36)21-19-6-4-2/h12-13,23-30,37H,3-11,14-22,31-33H2,1-2H3,(H,40,41)(H2,42,43,44)/t37-/m1/s1. The molecule has 0 spiro atoms. The number of nitrogens with one attached hydrogen (secondary N) is 1. The summed E-state index contributed by atoms with van der Waals surface area (Å²) in [4.78, 5) is 31.9. The van der Waals surface area contributed by atoms with Crippen LogP contribution in [0.3, 0.4) is 0 Å². The molecular weight excluding hydrogens is 593 g/mol. The summed E-state index contributed by atoms with van der Waals surface area (Å²) in [7, 11) is -4.29. The molecule has 0 fully saturated rings. The van der Waals surface area contributed by atoms with Crippen molar-refractivity contribution >= 4 is 13.5 Å². The highest BCUT2D eigenvalue weighted by Gasteiger charge is 2.23. The van der Waals surface area contributed by atoms with Gasteiger partial charge in [0.05, 0.1) is 6.16 Å². The lowest BCUT2D eigenvalue weighted by Gasteiger charge is -2.20. The van der Waals surface area contributed by atoms with E-state index in [1.54, 1.807) is 0 Å². The summed E-state index contributed by atoms with van der Waals surface area (Å²) in [5, 5.41) is 2.88. The van der Waals surface area contributed by atoms with Crippen molar-refractivity contribution in [3.05, 3.63) is 77.4 Å². The number of amides is 1.